The van der Waals surface area contributed by atoms with Gasteiger partial charge in [0.15, 0.2) is 0 Å². The zero-order chi connectivity index (χ0) is 9.35. The summed E-state index contributed by atoms with van der Waals surface area (Å²) in [5.74, 6) is -1.76. The van der Waals surface area contributed by atoms with E-state index in [1.165, 1.54) is 26.1 Å². The van der Waals surface area contributed by atoms with E-state index in [1.807, 2.05) is 0 Å². The van der Waals surface area contributed by atoms with Gasteiger partial charge in [0.05, 0.1) is 0 Å². The Morgan fingerprint density at radius 1 is 1.75 bits per heavy atom. The normalized spacial score (nSPS) is 34.6. The number of rotatable bonds is 1. The molecule has 0 aromatic rings. The number of amides is 1. The average Bonchev–Trinajstić information content (AvgIpc) is 1.82. The van der Waals surface area contributed by atoms with E-state index in [-0.39, 0.29) is 5.78 Å². The van der Waals surface area contributed by atoms with Crippen LogP contribution in [-0.4, -0.2) is 22.4 Å². The van der Waals surface area contributed by atoms with Crippen LogP contribution in [0.2, 0.25) is 0 Å². The summed E-state index contributed by atoms with van der Waals surface area (Å²) in [6.45, 7) is 2.73. The van der Waals surface area contributed by atoms with Crippen LogP contribution in [0.4, 0.5) is 0 Å². The van der Waals surface area contributed by atoms with Crippen molar-refractivity contribution in [3.8, 4) is 0 Å². The molecular weight excluding hydrogens is 158 g/mol. The number of aliphatic hydroxyl groups is 1. The van der Waals surface area contributed by atoms with E-state index in [1.54, 1.807) is 0 Å². The summed E-state index contributed by atoms with van der Waals surface area (Å²) < 4.78 is 0. The molecule has 0 saturated carbocycles. The Morgan fingerprint density at radius 3 is 2.67 bits per heavy atom. The largest absolute Gasteiger partial charge is 0.385 e. The first-order chi connectivity index (χ1) is 5.45. The highest BCUT2D eigenvalue weighted by Gasteiger charge is 2.40. The van der Waals surface area contributed by atoms with Crippen LogP contribution < -0.4 is 5.32 Å². The summed E-state index contributed by atoms with van der Waals surface area (Å²) in [5.41, 5.74) is -1.35. The second-order valence-electron chi connectivity index (χ2n) is 3.11. The Balaban J connectivity index is 3.01. The number of carbonyl (C=O) groups is 2. The van der Waals surface area contributed by atoms with Crippen LogP contribution in [0.5, 0.6) is 0 Å². The van der Waals surface area contributed by atoms with E-state index in [0.29, 0.717) is 0 Å². The van der Waals surface area contributed by atoms with Gasteiger partial charge in [-0.25, -0.2) is 0 Å². The van der Waals surface area contributed by atoms with Gasteiger partial charge in [-0.15, -0.1) is 0 Å². The minimum atomic E-state index is -1.35. The SMILES string of the molecule is CC(=O)C1C(=O)NC=CC1(C)O. The van der Waals surface area contributed by atoms with Crippen LogP contribution in [0, 0.1) is 5.92 Å². The Morgan fingerprint density at radius 2 is 2.33 bits per heavy atom. The Labute approximate surface area is 70.3 Å². The van der Waals surface area contributed by atoms with E-state index >= 15 is 0 Å². The van der Waals surface area contributed by atoms with Crippen LogP contribution in [-0.2, 0) is 9.59 Å². The van der Waals surface area contributed by atoms with Crippen LogP contribution in [0.1, 0.15) is 13.8 Å². The molecule has 0 radical (unpaired) electrons. The molecule has 0 fully saturated rings. The quantitative estimate of drug-likeness (QED) is 0.524. The first kappa shape index (κ1) is 8.93. The molecule has 4 nitrogen and oxygen atoms in total. The van der Waals surface area contributed by atoms with E-state index in [2.05, 4.69) is 5.32 Å². The van der Waals surface area contributed by atoms with Gasteiger partial charge < -0.3 is 10.4 Å². The summed E-state index contributed by atoms with van der Waals surface area (Å²) in [6.07, 6.45) is 2.75. The van der Waals surface area contributed by atoms with Gasteiger partial charge in [-0.1, -0.05) is 0 Å². The number of hydrogen-bond acceptors (Lipinski definition) is 3. The maximum atomic E-state index is 11.1. The Hall–Kier alpha value is -1.16. The van der Waals surface area contributed by atoms with Gasteiger partial charge in [-0.2, -0.15) is 0 Å². The van der Waals surface area contributed by atoms with Crippen LogP contribution in [0.25, 0.3) is 0 Å². The number of ketones is 1. The lowest BCUT2D eigenvalue weighted by Crippen LogP contribution is -2.49. The Bertz CT molecular complexity index is 255. The number of Topliss-reactive ketones (excluding diaryl/α,β-unsaturated/α-hetero) is 1. The molecule has 1 amide bonds. The highest BCUT2D eigenvalue weighted by molar-refractivity contribution is 6.02. The molecule has 12 heavy (non-hydrogen) atoms. The molecule has 0 bridgehead atoms. The summed E-state index contributed by atoms with van der Waals surface area (Å²) in [6, 6.07) is 0. The molecule has 1 aliphatic rings. The van der Waals surface area contributed by atoms with Gasteiger partial charge in [-0.3, -0.25) is 9.59 Å². The summed E-state index contributed by atoms with van der Waals surface area (Å²) in [5, 5.41) is 12.0. The van der Waals surface area contributed by atoms with Crippen molar-refractivity contribution in [3.63, 3.8) is 0 Å². The molecule has 66 valence electrons. The van der Waals surface area contributed by atoms with Crippen LogP contribution >= 0.6 is 0 Å². The van der Waals surface area contributed by atoms with Gasteiger partial charge in [-0.05, 0) is 19.9 Å². The predicted molar refractivity (Wildman–Crippen MR) is 42.1 cm³/mol. The molecule has 0 aromatic carbocycles. The van der Waals surface area contributed by atoms with Crippen LogP contribution in [0.15, 0.2) is 12.3 Å². The molecule has 1 heterocycles. The zero-order valence-electron chi connectivity index (χ0n) is 7.00. The molecule has 2 atom stereocenters. The highest BCUT2D eigenvalue weighted by atomic mass is 16.3. The third kappa shape index (κ3) is 1.38. The molecular formula is C8H11NO3. The molecule has 0 spiro atoms. The maximum Gasteiger partial charge on any atom is 0.237 e. The minimum absolute atomic E-state index is 0.332. The van der Waals surface area contributed by atoms with Crippen LogP contribution in [0.3, 0.4) is 0 Å². The lowest BCUT2D eigenvalue weighted by atomic mass is 9.84. The van der Waals surface area contributed by atoms with Gasteiger partial charge in [0.1, 0.15) is 17.3 Å². The molecule has 2 unspecified atom stereocenters. The monoisotopic (exact) mass is 169 g/mol. The van der Waals surface area contributed by atoms with Crippen molar-refractivity contribution >= 4 is 11.7 Å². The van der Waals surface area contributed by atoms with Crippen molar-refractivity contribution in [1.29, 1.82) is 0 Å². The molecule has 1 aliphatic heterocycles. The lowest BCUT2D eigenvalue weighted by Gasteiger charge is -2.29. The van der Waals surface area contributed by atoms with Crippen molar-refractivity contribution in [2.45, 2.75) is 19.4 Å². The fourth-order valence-electron chi connectivity index (χ4n) is 1.33. The Kier molecular flexibility index (Phi) is 2.02. The first-order valence-corrected chi connectivity index (χ1v) is 3.66. The van der Waals surface area contributed by atoms with Crippen molar-refractivity contribution in [2.24, 2.45) is 5.92 Å². The van der Waals surface area contributed by atoms with Gasteiger partial charge in [0, 0.05) is 6.20 Å². The lowest BCUT2D eigenvalue weighted by molar-refractivity contribution is -0.140. The van der Waals surface area contributed by atoms with E-state index in [0.717, 1.165) is 0 Å². The van der Waals surface area contributed by atoms with E-state index in [4.69, 9.17) is 0 Å². The third-order valence-electron chi connectivity index (χ3n) is 1.90. The van der Waals surface area contributed by atoms with Crippen molar-refractivity contribution in [1.82, 2.24) is 5.32 Å². The fourth-order valence-corrected chi connectivity index (χ4v) is 1.33. The van der Waals surface area contributed by atoms with Gasteiger partial charge in [0.2, 0.25) is 5.91 Å². The second-order valence-corrected chi connectivity index (χ2v) is 3.11. The number of hydrogen-bond donors (Lipinski definition) is 2. The molecule has 1 rings (SSSR count). The summed E-state index contributed by atoms with van der Waals surface area (Å²) >= 11 is 0. The summed E-state index contributed by atoms with van der Waals surface area (Å²) in [4.78, 5) is 22.1. The molecule has 0 aromatic heterocycles. The van der Waals surface area contributed by atoms with Crippen molar-refractivity contribution in [3.05, 3.63) is 12.3 Å². The van der Waals surface area contributed by atoms with E-state index < -0.39 is 17.4 Å². The molecule has 0 aliphatic carbocycles. The average molecular weight is 169 g/mol. The van der Waals surface area contributed by atoms with Gasteiger partial charge in [0.25, 0.3) is 0 Å². The van der Waals surface area contributed by atoms with Gasteiger partial charge >= 0.3 is 0 Å². The molecule has 4 heteroatoms. The first-order valence-electron chi connectivity index (χ1n) is 3.66. The number of carbonyl (C=O) groups excluding carboxylic acids is 2. The second kappa shape index (κ2) is 2.71. The number of nitrogens with one attached hydrogen (secondary N) is 1. The molecule has 0 saturated heterocycles. The smallest absolute Gasteiger partial charge is 0.237 e. The van der Waals surface area contributed by atoms with E-state index in [9.17, 15) is 14.7 Å². The highest BCUT2D eigenvalue weighted by Crippen LogP contribution is 2.22. The molecule has 2 N–H and O–H groups in total. The minimum Gasteiger partial charge on any atom is -0.385 e. The summed E-state index contributed by atoms with van der Waals surface area (Å²) in [7, 11) is 0. The van der Waals surface area contributed by atoms with Crippen molar-refractivity contribution in [2.75, 3.05) is 0 Å². The van der Waals surface area contributed by atoms with Crippen molar-refractivity contribution < 1.29 is 14.7 Å². The predicted octanol–water partition coefficient (Wildman–Crippen LogP) is -0.414. The maximum absolute atomic E-state index is 11.1. The topological polar surface area (TPSA) is 66.4 Å². The third-order valence-corrected chi connectivity index (χ3v) is 1.90. The zero-order valence-corrected chi connectivity index (χ0v) is 7.00. The standard InChI is InChI=1S/C8H11NO3/c1-5(10)6-7(11)9-4-3-8(6,2)12/h3-4,6,12H,1-2H3,(H,9,11). The fraction of sp³-hybridized carbons (Fsp3) is 0.500.